The zero-order chi connectivity index (χ0) is 19.6. The second-order valence-electron chi connectivity index (χ2n) is 7.75. The van der Waals surface area contributed by atoms with E-state index in [0.717, 1.165) is 49.6 Å². The Hall–Kier alpha value is -3.07. The summed E-state index contributed by atoms with van der Waals surface area (Å²) < 4.78 is 5.29. The standard InChI is InChI=1S/C22H24N4O2/c1-28-19-6-2-4-17(12-19)15-26-16-22(13-20(26)27)7-10-25(11-8-22)21-18(14-23)5-3-9-24-21/h2-6,9,12H,7-8,10-11,13,15-16H2,1H3. The van der Waals surface area contributed by atoms with Gasteiger partial charge in [-0.15, -0.1) is 0 Å². The topological polar surface area (TPSA) is 69.5 Å². The predicted molar refractivity (Wildman–Crippen MR) is 106 cm³/mol. The van der Waals surface area contributed by atoms with Crippen LogP contribution in [-0.2, 0) is 11.3 Å². The largest absolute Gasteiger partial charge is 0.497 e. The number of anilines is 1. The van der Waals surface area contributed by atoms with E-state index in [9.17, 15) is 10.1 Å². The van der Waals surface area contributed by atoms with Crippen molar-refractivity contribution in [2.45, 2.75) is 25.8 Å². The first kappa shape index (κ1) is 18.3. The van der Waals surface area contributed by atoms with Crippen molar-refractivity contribution in [3.05, 3.63) is 53.7 Å². The number of amides is 1. The third kappa shape index (κ3) is 3.53. The number of ether oxygens (including phenoxy) is 1. The van der Waals surface area contributed by atoms with Gasteiger partial charge >= 0.3 is 0 Å². The Labute approximate surface area is 165 Å². The monoisotopic (exact) mass is 376 g/mol. The number of carbonyl (C=O) groups is 1. The number of hydrogen-bond acceptors (Lipinski definition) is 5. The van der Waals surface area contributed by atoms with Crippen LogP contribution >= 0.6 is 0 Å². The molecule has 6 nitrogen and oxygen atoms in total. The fraction of sp³-hybridized carbons (Fsp3) is 0.409. The second-order valence-corrected chi connectivity index (χ2v) is 7.75. The van der Waals surface area contributed by atoms with Crippen LogP contribution in [0, 0.1) is 16.7 Å². The Balaban J connectivity index is 1.42. The summed E-state index contributed by atoms with van der Waals surface area (Å²) in [5, 5.41) is 9.32. The van der Waals surface area contributed by atoms with Crippen molar-refractivity contribution in [1.82, 2.24) is 9.88 Å². The lowest BCUT2D eigenvalue weighted by Gasteiger charge is -2.39. The maximum Gasteiger partial charge on any atom is 0.223 e. The zero-order valence-corrected chi connectivity index (χ0v) is 16.1. The van der Waals surface area contributed by atoms with Crippen LogP contribution in [0.4, 0.5) is 5.82 Å². The number of pyridine rings is 1. The molecule has 1 spiro atoms. The molecule has 0 N–H and O–H groups in total. The number of nitrogens with zero attached hydrogens (tertiary/aromatic N) is 4. The fourth-order valence-electron chi connectivity index (χ4n) is 4.38. The number of carbonyl (C=O) groups excluding carboxylic acids is 1. The Bertz CT molecular complexity index is 913. The van der Waals surface area contributed by atoms with E-state index in [1.54, 1.807) is 19.4 Å². The molecular weight excluding hydrogens is 352 g/mol. The highest BCUT2D eigenvalue weighted by Crippen LogP contribution is 2.42. The number of piperidine rings is 1. The van der Waals surface area contributed by atoms with Gasteiger partial charge in [0.15, 0.2) is 0 Å². The van der Waals surface area contributed by atoms with Crippen LogP contribution in [0.15, 0.2) is 42.6 Å². The van der Waals surface area contributed by atoms with Crippen LogP contribution in [0.5, 0.6) is 5.75 Å². The molecule has 28 heavy (non-hydrogen) atoms. The van der Waals surface area contributed by atoms with Crippen LogP contribution in [0.25, 0.3) is 0 Å². The molecule has 0 unspecified atom stereocenters. The van der Waals surface area contributed by atoms with Crippen LogP contribution in [0.1, 0.15) is 30.4 Å². The van der Waals surface area contributed by atoms with E-state index in [1.165, 1.54) is 0 Å². The molecule has 3 heterocycles. The van der Waals surface area contributed by atoms with Crippen LogP contribution in [0.2, 0.25) is 0 Å². The molecule has 144 valence electrons. The van der Waals surface area contributed by atoms with Gasteiger partial charge in [-0.05, 0) is 42.7 Å². The maximum absolute atomic E-state index is 12.7. The zero-order valence-electron chi connectivity index (χ0n) is 16.1. The lowest BCUT2D eigenvalue weighted by Crippen LogP contribution is -2.42. The fourth-order valence-corrected chi connectivity index (χ4v) is 4.38. The second kappa shape index (κ2) is 7.51. The van der Waals surface area contributed by atoms with Gasteiger partial charge in [-0.25, -0.2) is 4.98 Å². The lowest BCUT2D eigenvalue weighted by molar-refractivity contribution is -0.128. The summed E-state index contributed by atoms with van der Waals surface area (Å²) in [6.07, 6.45) is 4.22. The summed E-state index contributed by atoms with van der Waals surface area (Å²) in [4.78, 5) is 21.2. The van der Waals surface area contributed by atoms with E-state index < -0.39 is 0 Å². The molecule has 1 amide bonds. The number of methoxy groups -OCH3 is 1. The maximum atomic E-state index is 12.7. The van der Waals surface area contributed by atoms with E-state index in [1.807, 2.05) is 35.2 Å². The van der Waals surface area contributed by atoms with Gasteiger partial charge in [-0.1, -0.05) is 12.1 Å². The Morgan fingerprint density at radius 3 is 2.82 bits per heavy atom. The van der Waals surface area contributed by atoms with Crippen molar-refractivity contribution < 1.29 is 9.53 Å². The molecule has 2 aliphatic heterocycles. The minimum Gasteiger partial charge on any atom is -0.497 e. The molecule has 0 radical (unpaired) electrons. The van der Waals surface area contributed by atoms with Crippen LogP contribution < -0.4 is 9.64 Å². The van der Waals surface area contributed by atoms with Crippen molar-refractivity contribution in [2.75, 3.05) is 31.6 Å². The molecular formula is C22H24N4O2. The summed E-state index contributed by atoms with van der Waals surface area (Å²) in [5.41, 5.74) is 1.74. The van der Waals surface area contributed by atoms with Crippen molar-refractivity contribution >= 4 is 11.7 Å². The first-order valence-electron chi connectivity index (χ1n) is 9.63. The average Bonchev–Trinajstić information content (AvgIpc) is 3.03. The number of hydrogen-bond donors (Lipinski definition) is 0. The molecule has 2 aromatic rings. The first-order valence-corrected chi connectivity index (χ1v) is 9.63. The molecule has 2 aliphatic rings. The number of nitriles is 1. The van der Waals surface area contributed by atoms with Gasteiger partial charge in [-0.3, -0.25) is 4.79 Å². The third-order valence-electron chi connectivity index (χ3n) is 5.94. The summed E-state index contributed by atoms with van der Waals surface area (Å²) >= 11 is 0. The number of likely N-dealkylation sites (tertiary alicyclic amines) is 1. The highest BCUT2D eigenvalue weighted by Gasteiger charge is 2.45. The molecule has 0 bridgehead atoms. The number of rotatable bonds is 4. The van der Waals surface area contributed by atoms with Crippen molar-refractivity contribution in [2.24, 2.45) is 5.41 Å². The van der Waals surface area contributed by atoms with Crippen LogP contribution in [-0.4, -0.2) is 42.5 Å². The Morgan fingerprint density at radius 1 is 1.25 bits per heavy atom. The summed E-state index contributed by atoms with van der Waals surface area (Å²) in [7, 11) is 1.65. The number of aromatic nitrogens is 1. The average molecular weight is 376 g/mol. The molecule has 2 saturated heterocycles. The van der Waals surface area contributed by atoms with E-state index in [0.29, 0.717) is 18.5 Å². The summed E-state index contributed by atoms with van der Waals surface area (Å²) in [5.74, 6) is 1.81. The molecule has 0 atom stereocenters. The molecule has 6 heteroatoms. The smallest absolute Gasteiger partial charge is 0.223 e. The van der Waals surface area contributed by atoms with Crippen molar-refractivity contribution in [1.29, 1.82) is 5.26 Å². The highest BCUT2D eigenvalue weighted by molar-refractivity contribution is 5.79. The van der Waals surface area contributed by atoms with Gasteiger partial charge in [0.05, 0.1) is 12.7 Å². The van der Waals surface area contributed by atoms with Gasteiger partial charge in [0, 0.05) is 44.2 Å². The van der Waals surface area contributed by atoms with Gasteiger partial charge in [0.1, 0.15) is 17.6 Å². The van der Waals surface area contributed by atoms with Gasteiger partial charge in [-0.2, -0.15) is 5.26 Å². The molecule has 0 aliphatic carbocycles. The summed E-state index contributed by atoms with van der Waals surface area (Å²) in [6.45, 7) is 3.07. The minimum atomic E-state index is 0.0358. The third-order valence-corrected chi connectivity index (χ3v) is 5.94. The quantitative estimate of drug-likeness (QED) is 0.820. The highest BCUT2D eigenvalue weighted by atomic mass is 16.5. The molecule has 0 saturated carbocycles. The van der Waals surface area contributed by atoms with Crippen LogP contribution in [0.3, 0.4) is 0 Å². The lowest BCUT2D eigenvalue weighted by atomic mass is 9.77. The molecule has 4 rings (SSSR count). The van der Waals surface area contributed by atoms with Crippen molar-refractivity contribution in [3.63, 3.8) is 0 Å². The summed E-state index contributed by atoms with van der Waals surface area (Å²) in [6, 6.07) is 13.7. The number of benzene rings is 1. The van der Waals surface area contributed by atoms with E-state index in [-0.39, 0.29) is 11.3 Å². The van der Waals surface area contributed by atoms with Gasteiger partial charge in [0.2, 0.25) is 5.91 Å². The Morgan fingerprint density at radius 2 is 2.07 bits per heavy atom. The normalized spacial score (nSPS) is 18.4. The van der Waals surface area contributed by atoms with Gasteiger partial charge < -0.3 is 14.5 Å². The predicted octanol–water partition coefficient (Wildman–Crippen LogP) is 2.98. The first-order chi connectivity index (χ1) is 13.6. The minimum absolute atomic E-state index is 0.0358. The van der Waals surface area contributed by atoms with E-state index >= 15 is 0 Å². The molecule has 2 fully saturated rings. The van der Waals surface area contributed by atoms with E-state index in [4.69, 9.17) is 4.74 Å². The molecule has 1 aromatic carbocycles. The van der Waals surface area contributed by atoms with Crippen molar-refractivity contribution in [3.8, 4) is 11.8 Å². The van der Waals surface area contributed by atoms with E-state index in [2.05, 4.69) is 16.0 Å². The molecule has 1 aromatic heterocycles. The Kier molecular flexibility index (Phi) is 4.91. The SMILES string of the molecule is COc1cccc(CN2CC3(CCN(c4ncccc4C#N)CC3)CC2=O)c1. The van der Waals surface area contributed by atoms with Gasteiger partial charge in [0.25, 0.3) is 0 Å².